The molecule has 3 atom stereocenters. The second-order valence-electron chi connectivity index (χ2n) is 5.76. The second kappa shape index (κ2) is 7.27. The van der Waals surface area contributed by atoms with Gasteiger partial charge in [0.05, 0.1) is 18.4 Å². The zero-order valence-electron chi connectivity index (χ0n) is 13.0. The normalized spacial score (nSPS) is 25.8. The Hall–Kier alpha value is -1.36. The van der Waals surface area contributed by atoms with E-state index in [0.717, 1.165) is 17.7 Å². The van der Waals surface area contributed by atoms with Gasteiger partial charge in [-0.3, -0.25) is 14.5 Å². The van der Waals surface area contributed by atoms with Gasteiger partial charge in [0, 0.05) is 5.03 Å². The van der Waals surface area contributed by atoms with Crippen molar-refractivity contribution in [3.8, 4) is 0 Å². The monoisotopic (exact) mass is 327 g/mol. The van der Waals surface area contributed by atoms with Crippen LogP contribution in [0.4, 0.5) is 0 Å². The molecule has 0 aromatic rings. The van der Waals surface area contributed by atoms with E-state index in [1.54, 1.807) is 13.0 Å². The molecule has 0 unspecified atom stereocenters. The van der Waals surface area contributed by atoms with E-state index in [1.165, 1.54) is 0 Å². The van der Waals surface area contributed by atoms with Crippen molar-refractivity contribution < 1.29 is 19.1 Å². The minimum Gasteiger partial charge on any atom is -0.464 e. The summed E-state index contributed by atoms with van der Waals surface area (Å²) in [6.45, 7) is 3.95. The van der Waals surface area contributed by atoms with E-state index in [4.69, 9.17) is 16.3 Å². The standard InChI is InChI=1S/C16H22ClNO4/c1-3-5-6-13(16(21)22-4-2)18-14(19)11-8-7-10(17)9-12(11)15(18)20/h7,11-13H,3-6,8-9H2,1-2H3/t11-,12-,13-/m1/s1. The summed E-state index contributed by atoms with van der Waals surface area (Å²) < 4.78 is 5.06. The molecule has 22 heavy (non-hydrogen) atoms. The SMILES string of the molecule is CCCC[C@H](C(=O)OCC)N1C(=O)[C@@H]2CC=C(Cl)C[C@H]2C1=O. The molecule has 1 saturated heterocycles. The zero-order chi connectivity index (χ0) is 16.3. The number of ether oxygens (including phenoxy) is 1. The van der Waals surface area contributed by atoms with Gasteiger partial charge in [0.1, 0.15) is 6.04 Å². The number of halogens is 1. The highest BCUT2D eigenvalue weighted by atomic mass is 35.5. The van der Waals surface area contributed by atoms with E-state index < -0.39 is 17.9 Å². The summed E-state index contributed by atoms with van der Waals surface area (Å²) in [5, 5.41) is 0.616. The molecule has 1 aliphatic heterocycles. The number of carbonyl (C=O) groups excluding carboxylic acids is 3. The molecule has 0 N–H and O–H groups in total. The van der Waals surface area contributed by atoms with Crippen molar-refractivity contribution in [2.75, 3.05) is 6.61 Å². The highest BCUT2D eigenvalue weighted by Crippen LogP contribution is 2.40. The molecule has 1 heterocycles. The maximum Gasteiger partial charge on any atom is 0.329 e. The number of esters is 1. The molecule has 2 amide bonds. The van der Waals surface area contributed by atoms with Gasteiger partial charge in [0.25, 0.3) is 0 Å². The number of amides is 2. The van der Waals surface area contributed by atoms with E-state index in [0.29, 0.717) is 24.3 Å². The van der Waals surface area contributed by atoms with E-state index in [1.807, 2.05) is 6.92 Å². The van der Waals surface area contributed by atoms with Crippen molar-refractivity contribution in [3.05, 3.63) is 11.1 Å². The maximum absolute atomic E-state index is 12.6. The van der Waals surface area contributed by atoms with Crippen LogP contribution in [0.5, 0.6) is 0 Å². The van der Waals surface area contributed by atoms with Gasteiger partial charge in [0.15, 0.2) is 0 Å². The predicted molar refractivity (Wildman–Crippen MR) is 81.9 cm³/mol. The lowest BCUT2D eigenvalue weighted by Crippen LogP contribution is -2.46. The van der Waals surface area contributed by atoms with Crippen LogP contribution in [0, 0.1) is 11.8 Å². The van der Waals surface area contributed by atoms with Crippen LogP contribution in [0.3, 0.4) is 0 Å². The summed E-state index contributed by atoms with van der Waals surface area (Å²) >= 11 is 6.01. The van der Waals surface area contributed by atoms with Gasteiger partial charge < -0.3 is 4.74 Å². The third kappa shape index (κ3) is 3.19. The Bertz CT molecular complexity index is 502. The highest BCUT2D eigenvalue weighted by molar-refractivity contribution is 6.30. The van der Waals surface area contributed by atoms with Gasteiger partial charge in [-0.15, -0.1) is 0 Å². The van der Waals surface area contributed by atoms with Gasteiger partial charge in [-0.2, -0.15) is 0 Å². The number of fused-ring (bicyclic) bond motifs is 1. The van der Waals surface area contributed by atoms with Gasteiger partial charge in [0.2, 0.25) is 11.8 Å². The molecule has 1 fully saturated rings. The molecule has 5 nitrogen and oxygen atoms in total. The Morgan fingerprint density at radius 1 is 1.36 bits per heavy atom. The first kappa shape index (κ1) is 17.0. The molecule has 1 aliphatic carbocycles. The molecule has 0 saturated carbocycles. The number of carbonyl (C=O) groups is 3. The minimum absolute atomic E-state index is 0.234. The van der Waals surface area contributed by atoms with Crippen molar-refractivity contribution >= 4 is 29.4 Å². The minimum atomic E-state index is -0.802. The van der Waals surface area contributed by atoms with Crippen LogP contribution in [0.1, 0.15) is 46.0 Å². The number of hydrogen-bond donors (Lipinski definition) is 0. The van der Waals surface area contributed by atoms with Crippen LogP contribution in [-0.4, -0.2) is 35.3 Å². The summed E-state index contributed by atoms with van der Waals surface area (Å²) in [5.74, 6) is -1.84. The number of hydrogen-bond acceptors (Lipinski definition) is 4. The van der Waals surface area contributed by atoms with E-state index in [-0.39, 0.29) is 24.3 Å². The first-order valence-corrected chi connectivity index (χ1v) is 8.27. The lowest BCUT2D eigenvalue weighted by Gasteiger charge is -2.24. The fraction of sp³-hybridized carbons (Fsp3) is 0.688. The number of nitrogens with zero attached hydrogens (tertiary/aromatic N) is 1. The molecule has 0 spiro atoms. The molecular weight excluding hydrogens is 306 g/mol. The van der Waals surface area contributed by atoms with Crippen LogP contribution in [0.25, 0.3) is 0 Å². The van der Waals surface area contributed by atoms with Gasteiger partial charge in [-0.25, -0.2) is 4.79 Å². The Morgan fingerprint density at radius 2 is 2.05 bits per heavy atom. The number of rotatable bonds is 6. The van der Waals surface area contributed by atoms with Crippen LogP contribution < -0.4 is 0 Å². The Morgan fingerprint density at radius 3 is 2.68 bits per heavy atom. The highest BCUT2D eigenvalue weighted by Gasteiger charge is 2.52. The summed E-state index contributed by atoms with van der Waals surface area (Å²) in [6, 6.07) is -0.802. The second-order valence-corrected chi connectivity index (χ2v) is 6.25. The zero-order valence-corrected chi connectivity index (χ0v) is 13.8. The summed E-state index contributed by atoms with van der Waals surface area (Å²) in [6.07, 6.45) is 4.74. The molecule has 0 bridgehead atoms. The number of likely N-dealkylation sites (tertiary alicyclic amines) is 1. The number of imide groups is 1. The molecule has 122 valence electrons. The molecule has 6 heteroatoms. The van der Waals surface area contributed by atoms with Gasteiger partial charge in [-0.1, -0.05) is 37.4 Å². The lowest BCUT2D eigenvalue weighted by atomic mass is 9.85. The van der Waals surface area contributed by atoms with Crippen LogP contribution >= 0.6 is 11.6 Å². The number of unbranched alkanes of at least 4 members (excludes halogenated alkanes) is 1. The van der Waals surface area contributed by atoms with Crippen LogP contribution in [-0.2, 0) is 19.1 Å². The first-order valence-electron chi connectivity index (χ1n) is 7.89. The largest absolute Gasteiger partial charge is 0.464 e. The molecule has 0 aromatic heterocycles. The average molecular weight is 328 g/mol. The van der Waals surface area contributed by atoms with Crippen molar-refractivity contribution in [2.24, 2.45) is 11.8 Å². The third-order valence-corrected chi connectivity index (χ3v) is 4.61. The van der Waals surface area contributed by atoms with Crippen LogP contribution in [0.2, 0.25) is 0 Å². The van der Waals surface area contributed by atoms with Crippen molar-refractivity contribution in [3.63, 3.8) is 0 Å². The van der Waals surface area contributed by atoms with E-state index >= 15 is 0 Å². The predicted octanol–water partition coefficient (Wildman–Crippen LogP) is 2.63. The first-order chi connectivity index (χ1) is 10.5. The molecule has 2 rings (SSSR count). The van der Waals surface area contributed by atoms with Crippen molar-refractivity contribution in [2.45, 2.75) is 52.0 Å². The summed E-state index contributed by atoms with van der Waals surface area (Å²) in [4.78, 5) is 38.6. The maximum atomic E-state index is 12.6. The van der Waals surface area contributed by atoms with Gasteiger partial charge >= 0.3 is 5.97 Å². The van der Waals surface area contributed by atoms with E-state index in [2.05, 4.69) is 0 Å². The van der Waals surface area contributed by atoms with Gasteiger partial charge in [-0.05, 0) is 26.2 Å². The smallest absolute Gasteiger partial charge is 0.329 e. The number of allylic oxidation sites excluding steroid dienone is 2. The van der Waals surface area contributed by atoms with Crippen molar-refractivity contribution in [1.82, 2.24) is 4.90 Å². The van der Waals surface area contributed by atoms with Crippen LogP contribution in [0.15, 0.2) is 11.1 Å². The Balaban J connectivity index is 2.22. The van der Waals surface area contributed by atoms with E-state index in [9.17, 15) is 14.4 Å². The Labute approximate surface area is 135 Å². The third-order valence-electron chi connectivity index (χ3n) is 4.30. The Kier molecular flexibility index (Phi) is 5.62. The summed E-state index contributed by atoms with van der Waals surface area (Å²) in [5.41, 5.74) is 0. The quantitative estimate of drug-likeness (QED) is 0.555. The fourth-order valence-corrected chi connectivity index (χ4v) is 3.40. The molecular formula is C16H22ClNO4. The van der Waals surface area contributed by atoms with Crippen molar-refractivity contribution in [1.29, 1.82) is 0 Å². The topological polar surface area (TPSA) is 63.7 Å². The molecule has 2 aliphatic rings. The fourth-order valence-electron chi connectivity index (χ4n) is 3.15. The molecule has 0 radical (unpaired) electrons. The summed E-state index contributed by atoms with van der Waals surface area (Å²) in [7, 11) is 0. The average Bonchev–Trinajstić information content (AvgIpc) is 2.72. The lowest BCUT2D eigenvalue weighted by molar-refractivity contribution is -0.159. The molecule has 0 aromatic carbocycles.